The largest absolute Gasteiger partial charge is 0.396 e. The summed E-state index contributed by atoms with van der Waals surface area (Å²) in [5.41, 5.74) is 5.25. The number of nitrogen functional groups attached to an aromatic ring is 1. The lowest BCUT2D eigenvalue weighted by atomic mass is 10.0. The van der Waals surface area contributed by atoms with Gasteiger partial charge in [0, 0.05) is 6.54 Å². The van der Waals surface area contributed by atoms with Crippen molar-refractivity contribution in [2.24, 2.45) is 5.92 Å². The number of hydrogen-bond acceptors (Lipinski definition) is 4. The lowest BCUT2D eigenvalue weighted by Gasteiger charge is -2.24. The summed E-state index contributed by atoms with van der Waals surface area (Å²) in [5, 5.41) is 9.32. The van der Waals surface area contributed by atoms with E-state index in [9.17, 15) is 17.9 Å². The molecule has 0 radical (unpaired) electrons. The highest BCUT2D eigenvalue weighted by molar-refractivity contribution is 7.89. The van der Waals surface area contributed by atoms with Crippen LogP contribution in [0.25, 0.3) is 0 Å². The number of nitrogens with two attached hydrogens (primary N) is 1. The molecule has 2 unspecified atom stereocenters. The maximum Gasteiger partial charge on any atom is 0.243 e. The van der Waals surface area contributed by atoms with Gasteiger partial charge in [-0.2, -0.15) is 4.31 Å². The summed E-state index contributed by atoms with van der Waals surface area (Å²) in [6, 6.07) is 2.98. The van der Waals surface area contributed by atoms with Crippen molar-refractivity contribution in [2.75, 3.05) is 18.9 Å². The molecule has 1 aromatic rings. The van der Waals surface area contributed by atoms with Crippen LogP contribution in [0.2, 0.25) is 0 Å². The Labute approximate surface area is 111 Å². The van der Waals surface area contributed by atoms with Gasteiger partial charge in [-0.3, -0.25) is 0 Å². The number of aliphatic hydroxyl groups is 1. The molecule has 2 rings (SSSR count). The minimum absolute atomic E-state index is 0.0819. The van der Waals surface area contributed by atoms with E-state index in [1.807, 2.05) is 6.92 Å². The fourth-order valence-corrected chi connectivity index (χ4v) is 4.09. The summed E-state index contributed by atoms with van der Waals surface area (Å²) < 4.78 is 39.5. The van der Waals surface area contributed by atoms with E-state index >= 15 is 0 Å². The Morgan fingerprint density at radius 3 is 2.79 bits per heavy atom. The molecule has 7 heteroatoms. The van der Waals surface area contributed by atoms with Crippen LogP contribution in [-0.2, 0) is 10.0 Å². The highest BCUT2D eigenvalue weighted by Gasteiger charge is 2.39. The van der Waals surface area contributed by atoms with Gasteiger partial charge in [0.05, 0.1) is 23.2 Å². The average Bonchev–Trinajstić information content (AvgIpc) is 2.74. The maximum atomic E-state index is 13.4. The van der Waals surface area contributed by atoms with Crippen molar-refractivity contribution in [1.29, 1.82) is 0 Å². The summed E-state index contributed by atoms with van der Waals surface area (Å²) in [6.07, 6.45) is 0.682. The van der Waals surface area contributed by atoms with E-state index in [-0.39, 0.29) is 23.1 Å². The molecular weight excluding hydrogens is 271 g/mol. The van der Waals surface area contributed by atoms with Gasteiger partial charge in [-0.1, -0.05) is 6.92 Å². The van der Waals surface area contributed by atoms with Gasteiger partial charge in [0.25, 0.3) is 0 Å². The Morgan fingerprint density at radius 2 is 2.21 bits per heavy atom. The predicted molar refractivity (Wildman–Crippen MR) is 69.4 cm³/mol. The van der Waals surface area contributed by atoms with Gasteiger partial charge in [-0.15, -0.1) is 0 Å². The molecule has 106 valence electrons. The first kappa shape index (κ1) is 14.2. The van der Waals surface area contributed by atoms with Crippen molar-refractivity contribution in [2.45, 2.75) is 24.3 Å². The lowest BCUT2D eigenvalue weighted by molar-refractivity contribution is 0.191. The second-order valence-electron chi connectivity index (χ2n) is 4.81. The molecule has 0 saturated carbocycles. The SMILES string of the molecule is CC1CCN(S(=O)(=O)c2ccc(N)c(F)c2)C1CO. The third-order valence-corrected chi connectivity index (χ3v) is 5.52. The zero-order valence-corrected chi connectivity index (χ0v) is 11.4. The van der Waals surface area contributed by atoms with Crippen LogP contribution >= 0.6 is 0 Å². The second kappa shape index (κ2) is 5.07. The summed E-state index contributed by atoms with van der Waals surface area (Å²) in [5.74, 6) is -0.674. The van der Waals surface area contributed by atoms with Gasteiger partial charge in [-0.25, -0.2) is 12.8 Å². The molecule has 1 aliphatic heterocycles. The number of nitrogens with zero attached hydrogens (tertiary/aromatic N) is 1. The van der Waals surface area contributed by atoms with E-state index in [4.69, 9.17) is 5.73 Å². The number of benzene rings is 1. The number of hydrogen-bond donors (Lipinski definition) is 2. The zero-order chi connectivity index (χ0) is 14.2. The Kier molecular flexibility index (Phi) is 3.80. The van der Waals surface area contributed by atoms with Crippen molar-refractivity contribution in [3.63, 3.8) is 0 Å². The highest BCUT2D eigenvalue weighted by Crippen LogP contribution is 2.30. The summed E-state index contributed by atoms with van der Waals surface area (Å²) in [7, 11) is -3.79. The summed E-state index contributed by atoms with van der Waals surface area (Å²) in [6.45, 7) is 1.98. The molecule has 0 aliphatic carbocycles. The van der Waals surface area contributed by atoms with E-state index in [1.54, 1.807) is 0 Å². The minimum atomic E-state index is -3.79. The quantitative estimate of drug-likeness (QED) is 0.806. The van der Waals surface area contributed by atoms with Crippen LogP contribution in [-0.4, -0.2) is 37.0 Å². The topological polar surface area (TPSA) is 83.6 Å². The number of aliphatic hydroxyl groups excluding tert-OH is 1. The molecule has 2 atom stereocenters. The molecule has 1 fully saturated rings. The van der Waals surface area contributed by atoms with Crippen LogP contribution in [0.15, 0.2) is 23.1 Å². The molecule has 1 aromatic carbocycles. The van der Waals surface area contributed by atoms with Gasteiger partial charge in [0.15, 0.2) is 0 Å². The van der Waals surface area contributed by atoms with Crippen LogP contribution in [0.3, 0.4) is 0 Å². The van der Waals surface area contributed by atoms with Crippen molar-refractivity contribution < 1.29 is 17.9 Å². The van der Waals surface area contributed by atoms with Crippen molar-refractivity contribution in [3.05, 3.63) is 24.0 Å². The molecule has 19 heavy (non-hydrogen) atoms. The zero-order valence-electron chi connectivity index (χ0n) is 10.6. The third kappa shape index (κ3) is 2.45. The molecule has 5 nitrogen and oxygen atoms in total. The molecule has 0 aromatic heterocycles. The maximum absolute atomic E-state index is 13.4. The van der Waals surface area contributed by atoms with Gasteiger partial charge in [0.1, 0.15) is 5.82 Å². The predicted octanol–water partition coefficient (Wildman–Crippen LogP) is 0.799. The Balaban J connectivity index is 2.39. The highest BCUT2D eigenvalue weighted by atomic mass is 32.2. The summed E-state index contributed by atoms with van der Waals surface area (Å²) >= 11 is 0. The lowest BCUT2D eigenvalue weighted by Crippen LogP contribution is -2.39. The summed E-state index contributed by atoms with van der Waals surface area (Å²) in [4.78, 5) is -0.133. The Bertz CT molecular complexity index is 576. The number of anilines is 1. The van der Waals surface area contributed by atoms with Crippen molar-refractivity contribution in [1.82, 2.24) is 4.31 Å². The van der Waals surface area contributed by atoms with Gasteiger partial charge < -0.3 is 10.8 Å². The average molecular weight is 288 g/mol. The van der Waals surface area contributed by atoms with E-state index in [0.717, 1.165) is 6.07 Å². The molecule has 1 heterocycles. The van der Waals surface area contributed by atoms with E-state index in [1.165, 1.54) is 16.4 Å². The van der Waals surface area contributed by atoms with Crippen LogP contribution in [0.5, 0.6) is 0 Å². The monoisotopic (exact) mass is 288 g/mol. The molecule has 0 amide bonds. The Morgan fingerprint density at radius 1 is 1.53 bits per heavy atom. The normalized spacial score (nSPS) is 24.8. The molecule has 1 aliphatic rings. The molecule has 0 spiro atoms. The fraction of sp³-hybridized carbons (Fsp3) is 0.500. The van der Waals surface area contributed by atoms with E-state index in [0.29, 0.717) is 13.0 Å². The van der Waals surface area contributed by atoms with E-state index in [2.05, 4.69) is 0 Å². The molecule has 3 N–H and O–H groups in total. The second-order valence-corrected chi connectivity index (χ2v) is 6.71. The standard InChI is InChI=1S/C12H17FN2O3S/c1-8-4-5-15(12(8)7-16)19(17,18)9-2-3-11(14)10(13)6-9/h2-3,6,8,12,16H,4-5,7,14H2,1H3. The first-order valence-electron chi connectivity index (χ1n) is 6.05. The van der Waals surface area contributed by atoms with E-state index < -0.39 is 21.9 Å². The molecule has 0 bridgehead atoms. The van der Waals surface area contributed by atoms with Gasteiger partial charge in [0.2, 0.25) is 10.0 Å². The van der Waals surface area contributed by atoms with Gasteiger partial charge in [-0.05, 0) is 30.5 Å². The van der Waals surface area contributed by atoms with Crippen LogP contribution in [0.4, 0.5) is 10.1 Å². The molecule has 1 saturated heterocycles. The minimum Gasteiger partial charge on any atom is -0.396 e. The first-order chi connectivity index (χ1) is 8.87. The third-order valence-electron chi connectivity index (χ3n) is 3.60. The van der Waals surface area contributed by atoms with Crippen LogP contribution < -0.4 is 5.73 Å². The Hall–Kier alpha value is -1.18. The van der Waals surface area contributed by atoms with Crippen LogP contribution in [0.1, 0.15) is 13.3 Å². The van der Waals surface area contributed by atoms with Crippen LogP contribution in [0, 0.1) is 11.7 Å². The molecular formula is C12H17FN2O3S. The number of halogens is 1. The fourth-order valence-electron chi connectivity index (χ4n) is 2.35. The first-order valence-corrected chi connectivity index (χ1v) is 7.49. The smallest absolute Gasteiger partial charge is 0.243 e. The van der Waals surface area contributed by atoms with Crippen molar-refractivity contribution >= 4 is 15.7 Å². The van der Waals surface area contributed by atoms with Gasteiger partial charge >= 0.3 is 0 Å². The number of rotatable bonds is 3. The van der Waals surface area contributed by atoms with Crippen molar-refractivity contribution in [3.8, 4) is 0 Å². The number of sulfonamides is 1.